The molecule has 0 aliphatic rings. The number of nitrogens with one attached hydrogen (secondary N) is 2. The SMILES string of the molecule is CCOC(=O)C(NC(=O)CCc1cccc(NC)c1)C(=O)OCC. The molecule has 1 aromatic carbocycles. The summed E-state index contributed by atoms with van der Waals surface area (Å²) < 4.78 is 9.61. The van der Waals surface area contributed by atoms with Gasteiger partial charge in [0, 0.05) is 19.2 Å². The first-order chi connectivity index (χ1) is 11.5. The summed E-state index contributed by atoms with van der Waals surface area (Å²) in [7, 11) is 1.81. The van der Waals surface area contributed by atoms with E-state index in [2.05, 4.69) is 10.6 Å². The maximum absolute atomic E-state index is 12.1. The Balaban J connectivity index is 2.63. The summed E-state index contributed by atoms with van der Waals surface area (Å²) in [5.41, 5.74) is 1.92. The number of carbonyl (C=O) groups excluding carboxylic acids is 3. The lowest BCUT2D eigenvalue weighted by Gasteiger charge is -2.16. The number of hydrogen-bond donors (Lipinski definition) is 2. The first-order valence-corrected chi connectivity index (χ1v) is 7.91. The maximum atomic E-state index is 12.1. The van der Waals surface area contributed by atoms with E-state index in [0.717, 1.165) is 11.3 Å². The molecule has 132 valence electrons. The second-order valence-corrected chi connectivity index (χ2v) is 4.96. The molecule has 0 unspecified atom stereocenters. The zero-order valence-corrected chi connectivity index (χ0v) is 14.3. The molecule has 0 aromatic heterocycles. The number of anilines is 1. The van der Waals surface area contributed by atoms with Crippen LogP contribution in [0, 0.1) is 0 Å². The third-order valence-corrected chi connectivity index (χ3v) is 3.21. The summed E-state index contributed by atoms with van der Waals surface area (Å²) in [6.07, 6.45) is 0.627. The molecule has 1 aromatic rings. The predicted octanol–water partition coefficient (Wildman–Crippen LogP) is 1.27. The summed E-state index contributed by atoms with van der Waals surface area (Å²) in [6.45, 7) is 3.47. The number of rotatable bonds is 9. The molecule has 0 saturated heterocycles. The van der Waals surface area contributed by atoms with Crippen LogP contribution >= 0.6 is 0 Å². The lowest BCUT2D eigenvalue weighted by molar-refractivity contribution is -0.159. The number of esters is 2. The molecule has 2 N–H and O–H groups in total. The molecule has 0 fully saturated rings. The highest BCUT2D eigenvalue weighted by Gasteiger charge is 2.30. The Kier molecular flexibility index (Phi) is 8.32. The molecule has 0 aliphatic heterocycles. The molecule has 1 amide bonds. The fourth-order valence-corrected chi connectivity index (χ4v) is 2.04. The standard InChI is InChI=1S/C17H24N2O5/c1-4-23-16(21)15(17(22)24-5-2)19-14(20)10-9-12-7-6-8-13(11-12)18-3/h6-8,11,15,18H,4-5,9-10H2,1-3H3,(H,19,20). The van der Waals surface area contributed by atoms with Gasteiger partial charge in [-0.05, 0) is 38.0 Å². The maximum Gasteiger partial charge on any atom is 0.340 e. The second-order valence-electron chi connectivity index (χ2n) is 4.96. The van der Waals surface area contributed by atoms with E-state index >= 15 is 0 Å². The fraction of sp³-hybridized carbons (Fsp3) is 0.471. The van der Waals surface area contributed by atoms with Gasteiger partial charge >= 0.3 is 11.9 Å². The minimum atomic E-state index is -1.43. The average molecular weight is 336 g/mol. The monoisotopic (exact) mass is 336 g/mol. The molecule has 0 aliphatic carbocycles. The van der Waals surface area contributed by atoms with Crippen molar-refractivity contribution in [3.63, 3.8) is 0 Å². The Labute approximate surface area is 141 Å². The van der Waals surface area contributed by atoms with Crippen molar-refractivity contribution >= 4 is 23.5 Å². The van der Waals surface area contributed by atoms with E-state index in [1.165, 1.54) is 0 Å². The number of hydrogen-bond acceptors (Lipinski definition) is 6. The van der Waals surface area contributed by atoms with Crippen LogP contribution in [0.4, 0.5) is 5.69 Å². The first-order valence-electron chi connectivity index (χ1n) is 7.91. The second kappa shape index (κ2) is 10.3. The lowest BCUT2D eigenvalue weighted by atomic mass is 10.1. The Hall–Kier alpha value is -2.57. The molecule has 0 saturated carbocycles. The topological polar surface area (TPSA) is 93.7 Å². The molecule has 7 nitrogen and oxygen atoms in total. The molecule has 0 atom stereocenters. The van der Waals surface area contributed by atoms with Gasteiger partial charge in [-0.2, -0.15) is 0 Å². The highest BCUT2D eigenvalue weighted by molar-refractivity contribution is 6.02. The van der Waals surface area contributed by atoms with Crippen molar-refractivity contribution < 1.29 is 23.9 Å². The molecular weight excluding hydrogens is 312 g/mol. The molecular formula is C17H24N2O5. The van der Waals surface area contributed by atoms with Crippen LogP contribution in [0.15, 0.2) is 24.3 Å². The van der Waals surface area contributed by atoms with Crippen molar-refractivity contribution in [1.82, 2.24) is 5.32 Å². The molecule has 24 heavy (non-hydrogen) atoms. The molecule has 0 bridgehead atoms. The van der Waals surface area contributed by atoms with Crippen LogP contribution in [0.3, 0.4) is 0 Å². The van der Waals surface area contributed by atoms with Crippen LogP contribution in [-0.2, 0) is 30.3 Å². The minimum Gasteiger partial charge on any atom is -0.464 e. The summed E-state index contributed by atoms with van der Waals surface area (Å²) >= 11 is 0. The van der Waals surface area contributed by atoms with Crippen LogP contribution in [-0.4, -0.2) is 44.1 Å². The van der Waals surface area contributed by atoms with E-state index in [9.17, 15) is 14.4 Å². The number of benzene rings is 1. The van der Waals surface area contributed by atoms with Crippen molar-refractivity contribution in [3.05, 3.63) is 29.8 Å². The van der Waals surface area contributed by atoms with Gasteiger partial charge in [-0.1, -0.05) is 12.1 Å². The van der Waals surface area contributed by atoms with Gasteiger partial charge in [0.05, 0.1) is 13.2 Å². The average Bonchev–Trinajstić information content (AvgIpc) is 2.58. The van der Waals surface area contributed by atoms with Gasteiger partial charge in [0.25, 0.3) is 0 Å². The van der Waals surface area contributed by atoms with E-state index < -0.39 is 23.9 Å². The van der Waals surface area contributed by atoms with Gasteiger partial charge in [-0.3, -0.25) is 4.79 Å². The van der Waals surface area contributed by atoms with Crippen LogP contribution in [0.1, 0.15) is 25.8 Å². The van der Waals surface area contributed by atoms with Gasteiger partial charge in [0.1, 0.15) is 0 Å². The van der Waals surface area contributed by atoms with Crippen molar-refractivity contribution in [2.75, 3.05) is 25.6 Å². The number of aryl methyl sites for hydroxylation is 1. The first kappa shape index (κ1) is 19.5. The van der Waals surface area contributed by atoms with Gasteiger partial charge in [-0.15, -0.1) is 0 Å². The van der Waals surface area contributed by atoms with Crippen LogP contribution in [0.5, 0.6) is 0 Å². The molecule has 0 spiro atoms. The Morgan fingerprint density at radius 1 is 1.08 bits per heavy atom. The lowest BCUT2D eigenvalue weighted by Crippen LogP contribution is -2.48. The fourth-order valence-electron chi connectivity index (χ4n) is 2.04. The third kappa shape index (κ3) is 6.28. The Bertz CT molecular complexity index is 556. The normalized spacial score (nSPS) is 10.2. The number of amides is 1. The van der Waals surface area contributed by atoms with Crippen molar-refractivity contribution in [2.45, 2.75) is 32.7 Å². The van der Waals surface area contributed by atoms with E-state index in [4.69, 9.17) is 9.47 Å². The molecule has 0 heterocycles. The van der Waals surface area contributed by atoms with Crippen molar-refractivity contribution in [2.24, 2.45) is 0 Å². The number of carbonyl (C=O) groups is 3. The van der Waals surface area contributed by atoms with Crippen molar-refractivity contribution in [1.29, 1.82) is 0 Å². The van der Waals surface area contributed by atoms with E-state index in [0.29, 0.717) is 6.42 Å². The van der Waals surface area contributed by atoms with Gasteiger partial charge in [0.2, 0.25) is 11.9 Å². The van der Waals surface area contributed by atoms with Gasteiger partial charge < -0.3 is 20.1 Å². The third-order valence-electron chi connectivity index (χ3n) is 3.21. The van der Waals surface area contributed by atoms with E-state index in [-0.39, 0.29) is 19.6 Å². The smallest absolute Gasteiger partial charge is 0.340 e. The molecule has 0 radical (unpaired) electrons. The zero-order valence-electron chi connectivity index (χ0n) is 14.3. The van der Waals surface area contributed by atoms with E-state index in [1.54, 1.807) is 13.8 Å². The minimum absolute atomic E-state index is 0.113. The summed E-state index contributed by atoms with van der Waals surface area (Å²) in [5, 5.41) is 5.40. The van der Waals surface area contributed by atoms with Crippen LogP contribution in [0.25, 0.3) is 0 Å². The van der Waals surface area contributed by atoms with Gasteiger partial charge in [-0.25, -0.2) is 9.59 Å². The summed E-state index contributed by atoms with van der Waals surface area (Å²) in [5.74, 6) is -2.06. The zero-order chi connectivity index (χ0) is 17.9. The van der Waals surface area contributed by atoms with E-state index in [1.807, 2.05) is 31.3 Å². The number of ether oxygens (including phenoxy) is 2. The highest BCUT2D eigenvalue weighted by Crippen LogP contribution is 2.11. The predicted molar refractivity (Wildman–Crippen MR) is 89.5 cm³/mol. The Morgan fingerprint density at radius 3 is 2.25 bits per heavy atom. The van der Waals surface area contributed by atoms with Crippen molar-refractivity contribution in [3.8, 4) is 0 Å². The summed E-state index contributed by atoms with van der Waals surface area (Å²) in [6, 6.07) is 6.21. The molecule has 1 rings (SSSR count). The van der Waals surface area contributed by atoms with Gasteiger partial charge in [0.15, 0.2) is 0 Å². The quantitative estimate of drug-likeness (QED) is 0.521. The molecule has 7 heteroatoms. The highest BCUT2D eigenvalue weighted by atomic mass is 16.6. The Morgan fingerprint density at radius 2 is 1.71 bits per heavy atom. The largest absolute Gasteiger partial charge is 0.464 e. The summed E-state index contributed by atoms with van der Waals surface area (Å²) in [4.78, 5) is 35.7. The van der Waals surface area contributed by atoms with Crippen LogP contribution < -0.4 is 10.6 Å². The van der Waals surface area contributed by atoms with Crippen LogP contribution in [0.2, 0.25) is 0 Å².